The smallest absolute Gasteiger partial charge is 0.297 e. The second kappa shape index (κ2) is 6.42. The first kappa shape index (κ1) is 13.7. The maximum absolute atomic E-state index is 12.8. The number of rotatable bonds is 3. The van der Waals surface area contributed by atoms with E-state index in [9.17, 15) is 9.18 Å². The SMILES string of the molecule is CC/C(Cl)=N\OC(=O)Nc1ccc(F)c(Cl)c1. The van der Waals surface area contributed by atoms with Crippen LogP contribution in [0, 0.1) is 5.82 Å². The summed E-state index contributed by atoms with van der Waals surface area (Å²) < 4.78 is 12.8. The molecule has 0 saturated heterocycles. The summed E-state index contributed by atoms with van der Waals surface area (Å²) in [6.45, 7) is 1.76. The number of halogens is 3. The van der Waals surface area contributed by atoms with Crippen molar-refractivity contribution < 1.29 is 14.0 Å². The van der Waals surface area contributed by atoms with Crippen LogP contribution < -0.4 is 5.32 Å². The number of amides is 1. The van der Waals surface area contributed by atoms with Crippen LogP contribution in [0.2, 0.25) is 5.02 Å². The van der Waals surface area contributed by atoms with E-state index in [0.29, 0.717) is 12.1 Å². The van der Waals surface area contributed by atoms with E-state index in [0.717, 1.165) is 6.07 Å². The molecule has 1 N–H and O–H groups in total. The van der Waals surface area contributed by atoms with Crippen molar-refractivity contribution >= 4 is 40.2 Å². The van der Waals surface area contributed by atoms with Crippen LogP contribution in [0.1, 0.15) is 13.3 Å². The third-order valence-corrected chi connectivity index (χ3v) is 2.31. The summed E-state index contributed by atoms with van der Waals surface area (Å²) in [5.41, 5.74) is 0.296. The lowest BCUT2D eigenvalue weighted by Gasteiger charge is -2.03. The third kappa shape index (κ3) is 4.58. The fraction of sp³-hybridized carbons (Fsp3) is 0.200. The molecule has 17 heavy (non-hydrogen) atoms. The topological polar surface area (TPSA) is 50.7 Å². The molecule has 1 aromatic rings. The molecule has 0 aliphatic rings. The molecule has 0 bridgehead atoms. The predicted octanol–water partition coefficient (Wildman–Crippen LogP) is 3.99. The van der Waals surface area contributed by atoms with Crippen LogP contribution in [0.15, 0.2) is 23.4 Å². The van der Waals surface area contributed by atoms with E-state index in [1.165, 1.54) is 12.1 Å². The molecule has 0 aromatic heterocycles. The minimum absolute atomic E-state index is 0.0992. The Hall–Kier alpha value is -1.33. The number of hydrogen-bond acceptors (Lipinski definition) is 3. The maximum atomic E-state index is 12.8. The molecule has 4 nitrogen and oxygen atoms in total. The summed E-state index contributed by atoms with van der Waals surface area (Å²) >= 11 is 11.1. The average molecular weight is 279 g/mol. The van der Waals surface area contributed by atoms with Crippen molar-refractivity contribution in [2.45, 2.75) is 13.3 Å². The van der Waals surface area contributed by atoms with Gasteiger partial charge in [-0.15, -0.1) is 0 Å². The highest BCUT2D eigenvalue weighted by atomic mass is 35.5. The van der Waals surface area contributed by atoms with E-state index >= 15 is 0 Å². The summed E-state index contributed by atoms with van der Waals surface area (Å²) in [4.78, 5) is 15.6. The van der Waals surface area contributed by atoms with E-state index in [1.807, 2.05) is 0 Å². The van der Waals surface area contributed by atoms with Crippen molar-refractivity contribution in [1.29, 1.82) is 0 Å². The van der Waals surface area contributed by atoms with Crippen LogP contribution in [0.4, 0.5) is 14.9 Å². The zero-order valence-electron chi connectivity index (χ0n) is 8.84. The summed E-state index contributed by atoms with van der Waals surface area (Å²) in [6, 6.07) is 3.72. The Morgan fingerprint density at radius 1 is 1.59 bits per heavy atom. The van der Waals surface area contributed by atoms with E-state index in [4.69, 9.17) is 23.2 Å². The van der Waals surface area contributed by atoms with Gasteiger partial charge in [0.25, 0.3) is 0 Å². The Balaban J connectivity index is 2.59. The Morgan fingerprint density at radius 3 is 2.88 bits per heavy atom. The monoisotopic (exact) mass is 278 g/mol. The first-order valence-corrected chi connectivity index (χ1v) is 5.44. The van der Waals surface area contributed by atoms with Gasteiger partial charge in [0.15, 0.2) is 0 Å². The highest BCUT2D eigenvalue weighted by Crippen LogP contribution is 2.19. The number of hydrogen-bond donors (Lipinski definition) is 1. The molecular formula is C10H9Cl2FN2O2. The van der Waals surface area contributed by atoms with Crippen LogP contribution >= 0.6 is 23.2 Å². The van der Waals surface area contributed by atoms with Crippen molar-refractivity contribution in [3.63, 3.8) is 0 Å². The van der Waals surface area contributed by atoms with E-state index < -0.39 is 11.9 Å². The van der Waals surface area contributed by atoms with Crippen LogP contribution in [0.5, 0.6) is 0 Å². The normalized spacial score (nSPS) is 11.2. The Labute approximate surface area is 107 Å². The number of nitrogens with zero attached hydrogens (tertiary/aromatic N) is 1. The molecular weight excluding hydrogens is 270 g/mol. The zero-order valence-corrected chi connectivity index (χ0v) is 10.3. The van der Waals surface area contributed by atoms with E-state index in [-0.39, 0.29) is 10.2 Å². The molecule has 0 aliphatic carbocycles. The molecule has 0 aliphatic heterocycles. The molecule has 0 heterocycles. The van der Waals surface area contributed by atoms with Gasteiger partial charge in [-0.3, -0.25) is 10.2 Å². The lowest BCUT2D eigenvalue weighted by atomic mass is 10.3. The number of anilines is 1. The Bertz CT molecular complexity index is 452. The summed E-state index contributed by atoms with van der Waals surface area (Å²) in [7, 11) is 0. The van der Waals surface area contributed by atoms with Gasteiger partial charge in [-0.1, -0.05) is 35.3 Å². The van der Waals surface area contributed by atoms with Crippen LogP contribution in [0.25, 0.3) is 0 Å². The van der Waals surface area contributed by atoms with Gasteiger partial charge in [0, 0.05) is 12.1 Å². The molecule has 0 spiro atoms. The second-order valence-corrected chi connectivity index (χ2v) is 3.80. The van der Waals surface area contributed by atoms with Gasteiger partial charge in [0.1, 0.15) is 11.0 Å². The highest BCUT2D eigenvalue weighted by Gasteiger charge is 2.06. The first-order chi connectivity index (χ1) is 8.02. The molecule has 1 aromatic carbocycles. The van der Waals surface area contributed by atoms with Crippen molar-refractivity contribution in [2.24, 2.45) is 5.16 Å². The van der Waals surface area contributed by atoms with Crippen molar-refractivity contribution in [3.8, 4) is 0 Å². The summed E-state index contributed by atoms with van der Waals surface area (Å²) in [6.07, 6.45) is -0.378. The van der Waals surface area contributed by atoms with Gasteiger partial charge < -0.3 is 0 Å². The average Bonchev–Trinajstić information content (AvgIpc) is 2.31. The van der Waals surface area contributed by atoms with Gasteiger partial charge in [0.2, 0.25) is 0 Å². The second-order valence-electron chi connectivity index (χ2n) is 2.95. The lowest BCUT2D eigenvalue weighted by molar-refractivity contribution is 0.166. The Kier molecular flexibility index (Phi) is 5.18. The molecule has 0 fully saturated rings. The molecule has 1 rings (SSSR count). The molecule has 92 valence electrons. The predicted molar refractivity (Wildman–Crippen MR) is 65.1 cm³/mol. The molecule has 0 unspecified atom stereocenters. The number of oxime groups is 1. The first-order valence-electron chi connectivity index (χ1n) is 4.68. The maximum Gasteiger partial charge on any atom is 0.437 e. The fourth-order valence-corrected chi connectivity index (χ4v) is 1.09. The molecule has 7 heteroatoms. The van der Waals surface area contributed by atoms with Gasteiger partial charge in [-0.25, -0.2) is 9.18 Å². The third-order valence-electron chi connectivity index (χ3n) is 1.69. The molecule has 0 saturated carbocycles. The van der Waals surface area contributed by atoms with E-state index in [1.54, 1.807) is 6.92 Å². The number of nitrogens with one attached hydrogen (secondary N) is 1. The standard InChI is InChI=1S/C10H9Cl2FN2O2/c1-2-9(12)15-17-10(16)14-6-3-4-8(13)7(11)5-6/h3-5H,2H2,1H3,(H,14,16)/b15-9+. The zero-order chi connectivity index (χ0) is 12.8. The van der Waals surface area contributed by atoms with Crippen LogP contribution in [-0.4, -0.2) is 11.3 Å². The summed E-state index contributed by atoms with van der Waals surface area (Å²) in [5.74, 6) is -0.572. The van der Waals surface area contributed by atoms with Crippen LogP contribution in [-0.2, 0) is 4.84 Å². The van der Waals surface area contributed by atoms with Crippen molar-refractivity contribution in [3.05, 3.63) is 29.0 Å². The minimum atomic E-state index is -0.834. The van der Waals surface area contributed by atoms with E-state index in [2.05, 4.69) is 15.3 Å². The molecule has 1 amide bonds. The van der Waals surface area contributed by atoms with Crippen LogP contribution in [0.3, 0.4) is 0 Å². The lowest BCUT2D eigenvalue weighted by Crippen LogP contribution is -2.11. The Morgan fingerprint density at radius 2 is 2.29 bits per heavy atom. The van der Waals surface area contributed by atoms with Gasteiger partial charge in [-0.2, -0.15) is 0 Å². The minimum Gasteiger partial charge on any atom is -0.297 e. The van der Waals surface area contributed by atoms with Crippen molar-refractivity contribution in [2.75, 3.05) is 5.32 Å². The number of benzene rings is 1. The number of carbonyl (C=O) groups is 1. The van der Waals surface area contributed by atoms with Gasteiger partial charge in [-0.05, 0) is 18.2 Å². The largest absolute Gasteiger partial charge is 0.437 e. The number of carbonyl (C=O) groups excluding carboxylic acids is 1. The highest BCUT2D eigenvalue weighted by molar-refractivity contribution is 6.65. The van der Waals surface area contributed by atoms with Gasteiger partial charge in [0.05, 0.1) is 5.02 Å². The summed E-state index contributed by atoms with van der Waals surface area (Å²) in [5, 5.41) is 5.72. The fourth-order valence-electron chi connectivity index (χ4n) is 0.870. The molecule has 0 radical (unpaired) electrons. The quantitative estimate of drug-likeness (QED) is 0.516. The van der Waals surface area contributed by atoms with Crippen molar-refractivity contribution in [1.82, 2.24) is 0 Å². The van der Waals surface area contributed by atoms with Gasteiger partial charge >= 0.3 is 6.09 Å². The molecule has 0 atom stereocenters.